The molecule has 0 aliphatic carbocycles. The van der Waals surface area contributed by atoms with Gasteiger partial charge in [-0.3, -0.25) is 0 Å². The molecule has 2 aromatic rings. The van der Waals surface area contributed by atoms with E-state index < -0.39 is 0 Å². The van der Waals surface area contributed by atoms with Crippen LogP contribution in [0.3, 0.4) is 0 Å². The standard InChI is InChI=1S/C14H17NS/c1-12(14-8-5-11-16-14)15-10-9-13-6-3-2-4-7-13/h2-8,11-12,15H,9-10H2,1H3/t12-/m1/s1. The van der Waals surface area contributed by atoms with Crippen molar-refractivity contribution >= 4 is 11.3 Å². The Hall–Kier alpha value is -1.12. The van der Waals surface area contributed by atoms with Gasteiger partial charge >= 0.3 is 0 Å². The minimum Gasteiger partial charge on any atom is -0.309 e. The van der Waals surface area contributed by atoms with E-state index in [-0.39, 0.29) is 0 Å². The number of rotatable bonds is 5. The second kappa shape index (κ2) is 5.83. The van der Waals surface area contributed by atoms with Gasteiger partial charge in [-0.25, -0.2) is 0 Å². The molecule has 2 heteroatoms. The van der Waals surface area contributed by atoms with Crippen LogP contribution in [0.4, 0.5) is 0 Å². The largest absolute Gasteiger partial charge is 0.309 e. The maximum Gasteiger partial charge on any atom is 0.0386 e. The third kappa shape index (κ3) is 3.19. The molecule has 0 bridgehead atoms. The van der Waals surface area contributed by atoms with E-state index in [1.54, 1.807) is 0 Å². The number of thiophene rings is 1. The van der Waals surface area contributed by atoms with E-state index in [4.69, 9.17) is 0 Å². The molecule has 1 nitrogen and oxygen atoms in total. The molecular weight excluding hydrogens is 214 g/mol. The molecule has 0 amide bonds. The van der Waals surface area contributed by atoms with Gasteiger partial charge < -0.3 is 5.32 Å². The minimum absolute atomic E-state index is 0.462. The average molecular weight is 231 g/mol. The van der Waals surface area contributed by atoms with Crippen LogP contribution in [0.1, 0.15) is 23.4 Å². The molecule has 1 aromatic carbocycles. The zero-order valence-electron chi connectivity index (χ0n) is 9.52. The highest BCUT2D eigenvalue weighted by molar-refractivity contribution is 7.10. The van der Waals surface area contributed by atoms with Crippen LogP contribution in [0, 0.1) is 0 Å². The van der Waals surface area contributed by atoms with Crippen LogP contribution in [0.5, 0.6) is 0 Å². The van der Waals surface area contributed by atoms with Gasteiger partial charge in [0.25, 0.3) is 0 Å². The lowest BCUT2D eigenvalue weighted by molar-refractivity contribution is 0.585. The summed E-state index contributed by atoms with van der Waals surface area (Å²) in [7, 11) is 0. The first-order chi connectivity index (χ1) is 7.86. The first-order valence-electron chi connectivity index (χ1n) is 5.67. The monoisotopic (exact) mass is 231 g/mol. The lowest BCUT2D eigenvalue weighted by Gasteiger charge is -2.11. The smallest absolute Gasteiger partial charge is 0.0386 e. The van der Waals surface area contributed by atoms with Gasteiger partial charge in [0.05, 0.1) is 0 Å². The molecule has 0 fully saturated rings. The Morgan fingerprint density at radius 2 is 1.94 bits per heavy atom. The molecule has 0 aliphatic rings. The van der Waals surface area contributed by atoms with Crippen molar-refractivity contribution in [1.29, 1.82) is 0 Å². The van der Waals surface area contributed by atoms with Gasteiger partial charge in [-0.2, -0.15) is 0 Å². The van der Waals surface area contributed by atoms with Crippen LogP contribution in [0.15, 0.2) is 47.8 Å². The molecule has 0 aliphatic heterocycles. The van der Waals surface area contributed by atoms with Crippen LogP contribution in [-0.4, -0.2) is 6.54 Å². The predicted octanol–water partition coefficient (Wildman–Crippen LogP) is 3.64. The van der Waals surface area contributed by atoms with E-state index in [1.165, 1.54) is 10.4 Å². The van der Waals surface area contributed by atoms with Gasteiger partial charge in [0.2, 0.25) is 0 Å². The van der Waals surface area contributed by atoms with Crippen molar-refractivity contribution in [2.24, 2.45) is 0 Å². The van der Waals surface area contributed by atoms with Gasteiger partial charge in [0, 0.05) is 10.9 Å². The first-order valence-corrected chi connectivity index (χ1v) is 6.55. The molecule has 0 spiro atoms. The Morgan fingerprint density at radius 3 is 2.62 bits per heavy atom. The third-order valence-corrected chi connectivity index (χ3v) is 3.73. The molecule has 0 saturated carbocycles. The molecule has 16 heavy (non-hydrogen) atoms. The van der Waals surface area contributed by atoms with Crippen molar-refractivity contribution in [3.63, 3.8) is 0 Å². The zero-order valence-corrected chi connectivity index (χ0v) is 10.3. The van der Waals surface area contributed by atoms with Gasteiger partial charge in [-0.05, 0) is 36.9 Å². The molecule has 0 unspecified atom stereocenters. The number of benzene rings is 1. The summed E-state index contributed by atoms with van der Waals surface area (Å²) in [4.78, 5) is 1.41. The van der Waals surface area contributed by atoms with E-state index in [2.05, 4.69) is 60.1 Å². The summed E-state index contributed by atoms with van der Waals surface area (Å²) in [6.45, 7) is 3.25. The van der Waals surface area contributed by atoms with E-state index in [0.717, 1.165) is 13.0 Å². The van der Waals surface area contributed by atoms with Gasteiger partial charge in [-0.15, -0.1) is 11.3 Å². The molecule has 1 aromatic heterocycles. The molecule has 0 radical (unpaired) electrons. The second-order valence-corrected chi connectivity index (χ2v) is 4.91. The van der Waals surface area contributed by atoms with Gasteiger partial charge in [0.15, 0.2) is 0 Å². The molecule has 1 atom stereocenters. The summed E-state index contributed by atoms with van der Waals surface area (Å²) in [5.41, 5.74) is 1.40. The van der Waals surface area contributed by atoms with Crippen molar-refractivity contribution in [2.45, 2.75) is 19.4 Å². The molecule has 0 saturated heterocycles. The fourth-order valence-electron chi connectivity index (χ4n) is 1.72. The third-order valence-electron chi connectivity index (χ3n) is 2.68. The Kier molecular flexibility index (Phi) is 4.14. The van der Waals surface area contributed by atoms with Crippen LogP contribution in [0.25, 0.3) is 0 Å². The zero-order chi connectivity index (χ0) is 11.2. The molecular formula is C14H17NS. The first kappa shape index (κ1) is 11.4. The number of hydrogen-bond acceptors (Lipinski definition) is 2. The van der Waals surface area contributed by atoms with E-state index in [0.29, 0.717) is 6.04 Å². The Morgan fingerprint density at radius 1 is 1.12 bits per heavy atom. The van der Waals surface area contributed by atoms with Gasteiger partial charge in [0.1, 0.15) is 0 Å². The van der Waals surface area contributed by atoms with Crippen molar-refractivity contribution in [1.82, 2.24) is 5.32 Å². The lowest BCUT2D eigenvalue weighted by atomic mass is 10.1. The average Bonchev–Trinajstić information content (AvgIpc) is 2.84. The maximum atomic E-state index is 3.54. The maximum absolute atomic E-state index is 3.54. The van der Waals surface area contributed by atoms with E-state index in [9.17, 15) is 0 Å². The number of hydrogen-bond donors (Lipinski definition) is 1. The van der Waals surface area contributed by atoms with E-state index >= 15 is 0 Å². The summed E-state index contributed by atoms with van der Waals surface area (Å²) in [5, 5.41) is 5.67. The minimum atomic E-state index is 0.462. The summed E-state index contributed by atoms with van der Waals surface area (Å²) < 4.78 is 0. The van der Waals surface area contributed by atoms with Crippen molar-refractivity contribution in [3.8, 4) is 0 Å². The SMILES string of the molecule is C[C@@H](NCCc1ccccc1)c1cccs1. The lowest BCUT2D eigenvalue weighted by Crippen LogP contribution is -2.20. The molecule has 84 valence electrons. The normalized spacial score (nSPS) is 12.6. The summed E-state index contributed by atoms with van der Waals surface area (Å²) >= 11 is 1.81. The number of nitrogens with one attached hydrogen (secondary N) is 1. The van der Waals surface area contributed by atoms with Crippen LogP contribution < -0.4 is 5.32 Å². The second-order valence-electron chi connectivity index (χ2n) is 3.93. The molecule has 1 N–H and O–H groups in total. The Labute approximate surface area is 101 Å². The highest BCUT2D eigenvalue weighted by Crippen LogP contribution is 2.17. The highest BCUT2D eigenvalue weighted by Gasteiger charge is 2.04. The van der Waals surface area contributed by atoms with Crippen molar-refractivity contribution in [2.75, 3.05) is 6.54 Å². The van der Waals surface area contributed by atoms with Crippen LogP contribution in [0.2, 0.25) is 0 Å². The van der Waals surface area contributed by atoms with Crippen LogP contribution >= 0.6 is 11.3 Å². The Bertz CT molecular complexity index is 394. The summed E-state index contributed by atoms with van der Waals surface area (Å²) in [6.07, 6.45) is 1.09. The molecule has 1 heterocycles. The summed E-state index contributed by atoms with van der Waals surface area (Å²) in [6, 6.07) is 15.4. The van der Waals surface area contributed by atoms with Gasteiger partial charge in [-0.1, -0.05) is 36.4 Å². The molecule has 2 rings (SSSR count). The van der Waals surface area contributed by atoms with Crippen molar-refractivity contribution in [3.05, 3.63) is 58.3 Å². The Balaban J connectivity index is 1.76. The van der Waals surface area contributed by atoms with Crippen molar-refractivity contribution < 1.29 is 0 Å². The highest BCUT2D eigenvalue weighted by atomic mass is 32.1. The van der Waals surface area contributed by atoms with Crippen LogP contribution in [-0.2, 0) is 6.42 Å². The fraction of sp³-hybridized carbons (Fsp3) is 0.286. The summed E-state index contributed by atoms with van der Waals surface area (Å²) in [5.74, 6) is 0. The fourth-order valence-corrected chi connectivity index (χ4v) is 2.47. The predicted molar refractivity (Wildman–Crippen MR) is 70.9 cm³/mol. The quantitative estimate of drug-likeness (QED) is 0.828. The topological polar surface area (TPSA) is 12.0 Å². The van der Waals surface area contributed by atoms with E-state index in [1.807, 2.05) is 11.3 Å².